The van der Waals surface area contributed by atoms with Crippen LogP contribution in [0, 0.1) is 28.6 Å². The topological polar surface area (TPSA) is 194 Å². The van der Waals surface area contributed by atoms with E-state index < -0.39 is 73.1 Å². The van der Waals surface area contributed by atoms with Crippen molar-refractivity contribution in [1.82, 2.24) is 0 Å². The lowest BCUT2D eigenvalue weighted by Gasteiger charge is -2.66. The first kappa shape index (κ1) is 36.1. The van der Waals surface area contributed by atoms with Crippen molar-refractivity contribution in [3.8, 4) is 0 Å². The van der Waals surface area contributed by atoms with E-state index in [4.69, 9.17) is 28.4 Å². The highest BCUT2D eigenvalue weighted by Crippen LogP contribution is 2.70. The van der Waals surface area contributed by atoms with Gasteiger partial charge in [-0.1, -0.05) is 13.8 Å². The second-order valence-corrected chi connectivity index (χ2v) is 16.6. The first-order valence-electron chi connectivity index (χ1n) is 18.3. The average molecular weight is 697 g/mol. The third kappa shape index (κ3) is 5.65. The summed E-state index contributed by atoms with van der Waals surface area (Å²) in [6.45, 7) is 5.98. The van der Waals surface area contributed by atoms with Crippen LogP contribution in [0.5, 0.6) is 0 Å². The molecule has 49 heavy (non-hydrogen) atoms. The molecule has 13 heteroatoms. The Morgan fingerprint density at radius 1 is 0.898 bits per heavy atom. The van der Waals surface area contributed by atoms with E-state index in [9.17, 15) is 35.4 Å². The predicted molar refractivity (Wildman–Crippen MR) is 170 cm³/mol. The molecule has 0 aromatic rings. The van der Waals surface area contributed by atoms with Crippen LogP contribution in [-0.2, 0) is 33.2 Å². The van der Waals surface area contributed by atoms with E-state index in [1.165, 1.54) is 0 Å². The van der Waals surface area contributed by atoms with Crippen molar-refractivity contribution < 1.29 is 63.9 Å². The Morgan fingerprint density at radius 2 is 1.63 bits per heavy atom. The van der Waals surface area contributed by atoms with E-state index in [2.05, 4.69) is 13.8 Å². The second kappa shape index (κ2) is 13.0. The molecule has 4 saturated carbocycles. The van der Waals surface area contributed by atoms with Gasteiger partial charge in [-0.25, -0.2) is 4.79 Å². The van der Waals surface area contributed by atoms with Crippen LogP contribution in [0.25, 0.3) is 0 Å². The molecule has 7 aliphatic rings. The maximum atomic E-state index is 12.5. The molecular weight excluding hydrogens is 640 g/mol. The van der Waals surface area contributed by atoms with E-state index in [1.54, 1.807) is 20.1 Å². The molecule has 0 aromatic carbocycles. The molecule has 7 rings (SSSR count). The predicted octanol–water partition coefficient (Wildman–Crippen LogP) is 1.08. The van der Waals surface area contributed by atoms with Gasteiger partial charge in [0, 0.05) is 31.4 Å². The van der Waals surface area contributed by atoms with E-state index in [0.717, 1.165) is 44.1 Å². The maximum absolute atomic E-state index is 12.5. The second-order valence-electron chi connectivity index (χ2n) is 16.6. The zero-order valence-electron chi connectivity index (χ0n) is 29.1. The van der Waals surface area contributed by atoms with Crippen LogP contribution in [0.2, 0.25) is 0 Å². The van der Waals surface area contributed by atoms with E-state index >= 15 is 0 Å². The molecule has 2 saturated heterocycles. The molecule has 4 aliphatic carbocycles. The normalized spacial score (nSPS) is 54.4. The summed E-state index contributed by atoms with van der Waals surface area (Å²) in [5.74, 6) is 0.0783. The van der Waals surface area contributed by atoms with E-state index in [-0.39, 0.29) is 40.7 Å². The van der Waals surface area contributed by atoms with Gasteiger partial charge in [0.1, 0.15) is 37.1 Å². The van der Waals surface area contributed by atoms with Crippen LogP contribution < -0.4 is 0 Å². The molecule has 17 atom stereocenters. The zero-order valence-corrected chi connectivity index (χ0v) is 29.1. The van der Waals surface area contributed by atoms with Crippen LogP contribution in [0.1, 0.15) is 85.0 Å². The summed E-state index contributed by atoms with van der Waals surface area (Å²) in [5.41, 5.74) is -1.52. The highest BCUT2D eigenvalue weighted by atomic mass is 16.7. The molecule has 6 N–H and O–H groups in total. The lowest BCUT2D eigenvalue weighted by atomic mass is 9.42. The summed E-state index contributed by atoms with van der Waals surface area (Å²) in [5, 5.41) is 65.4. The van der Waals surface area contributed by atoms with Crippen LogP contribution in [0.4, 0.5) is 0 Å². The molecule has 0 bridgehead atoms. The minimum Gasteiger partial charge on any atom is -0.458 e. The molecule has 13 nitrogen and oxygen atoms in total. The zero-order chi connectivity index (χ0) is 35.1. The van der Waals surface area contributed by atoms with Gasteiger partial charge in [-0.15, -0.1) is 0 Å². The molecule has 0 aromatic heterocycles. The largest absolute Gasteiger partial charge is 0.458 e. The fourth-order valence-corrected chi connectivity index (χ4v) is 11.5. The average Bonchev–Trinajstić information content (AvgIpc) is 3.61. The Bertz CT molecular complexity index is 1280. The van der Waals surface area contributed by atoms with Gasteiger partial charge in [0.2, 0.25) is 0 Å². The van der Waals surface area contributed by atoms with Gasteiger partial charge in [-0.05, 0) is 87.0 Å². The number of cyclic esters (lactones) is 1. The Balaban J connectivity index is 0.994. The molecule has 0 spiro atoms. The van der Waals surface area contributed by atoms with Gasteiger partial charge in [0.05, 0.1) is 36.1 Å². The number of hydrogen-bond acceptors (Lipinski definition) is 13. The molecule has 3 aliphatic heterocycles. The lowest BCUT2D eigenvalue weighted by molar-refractivity contribution is -0.347. The Kier molecular flexibility index (Phi) is 9.60. The van der Waals surface area contributed by atoms with Crippen LogP contribution in [0.15, 0.2) is 11.6 Å². The summed E-state index contributed by atoms with van der Waals surface area (Å²) in [6.07, 6.45) is -1.10. The van der Waals surface area contributed by atoms with Crippen molar-refractivity contribution in [2.45, 2.75) is 158 Å². The fraction of sp³-hybridized carbons (Fsp3) is 0.917. The number of fused-ring (bicyclic) bond motifs is 5. The monoisotopic (exact) mass is 696 g/mol. The molecule has 278 valence electrons. The minimum atomic E-state index is -1.56. The first-order chi connectivity index (χ1) is 23.2. The Morgan fingerprint density at radius 3 is 2.33 bits per heavy atom. The number of esters is 1. The number of carbonyl (C=O) groups excluding carboxylic acids is 1. The molecule has 0 unspecified atom stereocenters. The number of carbonyl (C=O) groups is 1. The number of ether oxygens (including phenoxy) is 6. The summed E-state index contributed by atoms with van der Waals surface area (Å²) >= 11 is 0. The highest BCUT2D eigenvalue weighted by molar-refractivity contribution is 5.85. The van der Waals surface area contributed by atoms with Crippen LogP contribution in [-0.4, -0.2) is 130 Å². The van der Waals surface area contributed by atoms with Gasteiger partial charge in [-0.3, -0.25) is 0 Å². The fourth-order valence-electron chi connectivity index (χ4n) is 11.5. The van der Waals surface area contributed by atoms with Gasteiger partial charge >= 0.3 is 5.97 Å². The molecular formula is C36H56O13. The van der Waals surface area contributed by atoms with Gasteiger partial charge < -0.3 is 59.1 Å². The van der Waals surface area contributed by atoms with Crippen molar-refractivity contribution in [3.05, 3.63) is 11.6 Å². The van der Waals surface area contributed by atoms with Crippen molar-refractivity contribution in [2.75, 3.05) is 20.3 Å². The third-order valence-corrected chi connectivity index (χ3v) is 14.5. The summed E-state index contributed by atoms with van der Waals surface area (Å²) < 4.78 is 35.4. The van der Waals surface area contributed by atoms with Gasteiger partial charge in [0.15, 0.2) is 12.6 Å². The summed E-state index contributed by atoms with van der Waals surface area (Å²) in [6, 6.07) is 0. The standard InChI is InChI=1S/C36H56O13/c1-18-31(49-32-30(41)29(40)28(39)25(16-37)48-32)24(44-4)14-27(46-18)47-20-5-9-33(2)22-6-10-34(3)21(19-13-26(38)45-17-19)8-12-36(34,43)23(22)7-11-35(33,42)15-20/h13,18,20-25,27-32,37,39-43H,5-12,14-17H2,1-4H3/t18-,20-,21-,22-,23+,24-,25+,27+,28+,29-,30+,31-,32-,33-,34-,35+,36+/m1/s1. The van der Waals surface area contributed by atoms with Crippen molar-refractivity contribution in [1.29, 1.82) is 0 Å². The number of aliphatic hydroxyl groups excluding tert-OH is 4. The number of rotatable bonds is 7. The van der Waals surface area contributed by atoms with Crippen molar-refractivity contribution in [3.63, 3.8) is 0 Å². The number of methoxy groups -OCH3 is 1. The molecule has 6 fully saturated rings. The van der Waals surface area contributed by atoms with Gasteiger partial charge in [0.25, 0.3) is 0 Å². The first-order valence-corrected chi connectivity index (χ1v) is 18.3. The van der Waals surface area contributed by atoms with Gasteiger partial charge in [-0.2, -0.15) is 0 Å². The third-order valence-electron chi connectivity index (χ3n) is 14.5. The lowest BCUT2D eigenvalue weighted by Crippen LogP contribution is -2.67. The minimum absolute atomic E-state index is 0.0724. The number of aliphatic hydroxyl groups is 6. The van der Waals surface area contributed by atoms with Crippen molar-refractivity contribution in [2.24, 2.45) is 28.6 Å². The molecule has 3 heterocycles. The smallest absolute Gasteiger partial charge is 0.331 e. The summed E-state index contributed by atoms with van der Waals surface area (Å²) in [7, 11) is 1.55. The van der Waals surface area contributed by atoms with Crippen LogP contribution >= 0.6 is 0 Å². The van der Waals surface area contributed by atoms with Crippen molar-refractivity contribution >= 4 is 5.97 Å². The summed E-state index contributed by atoms with van der Waals surface area (Å²) in [4.78, 5) is 11.9. The Labute approximate surface area is 287 Å². The maximum Gasteiger partial charge on any atom is 0.331 e. The quantitative estimate of drug-likeness (QED) is 0.164. The van der Waals surface area contributed by atoms with E-state index in [1.807, 2.05) is 0 Å². The Hall–Kier alpha value is -1.23. The highest BCUT2D eigenvalue weighted by Gasteiger charge is 2.70. The van der Waals surface area contributed by atoms with Crippen LogP contribution in [0.3, 0.4) is 0 Å². The SMILES string of the molecule is CO[C@@H]1C[C@H](O[C@@H]2CC[C@]3(C)[C@@H]4CC[C@]5(C)[C@@H](C6=CC(=O)OC6)CC[C@]5(O)[C@H]4CC[C@]3(O)C2)O[C@H](C)[C@H]1O[C@H]1O[C@@H](CO)[C@H](O)[C@@H](O)[C@@H]1O. The molecule has 0 radical (unpaired) electrons. The number of hydrogen-bond donors (Lipinski definition) is 6. The molecule has 0 amide bonds. The van der Waals surface area contributed by atoms with E-state index in [0.29, 0.717) is 32.3 Å².